The van der Waals surface area contributed by atoms with E-state index in [4.69, 9.17) is 11.6 Å². The average molecular weight is 465 g/mol. The number of benzene rings is 1. The van der Waals surface area contributed by atoms with E-state index in [9.17, 15) is 4.79 Å². The summed E-state index contributed by atoms with van der Waals surface area (Å²) in [6.45, 7) is 4.67. The third kappa shape index (κ3) is 3.55. The Morgan fingerprint density at radius 1 is 1.16 bits per heavy atom. The Morgan fingerprint density at radius 2 is 2.00 bits per heavy atom. The van der Waals surface area contributed by atoms with E-state index in [-0.39, 0.29) is 5.91 Å². The summed E-state index contributed by atoms with van der Waals surface area (Å²) in [4.78, 5) is 26.1. The maximum Gasteiger partial charge on any atom is 0.256 e. The highest BCUT2D eigenvalue weighted by Crippen LogP contribution is 2.46. The molecule has 32 heavy (non-hydrogen) atoms. The van der Waals surface area contributed by atoms with Gasteiger partial charge in [0.2, 0.25) is 5.95 Å². The molecule has 4 aromatic rings. The standard InChI is InChI=1S/C23H21ClN6OS/c1-23(2)20-16(21(31)30(23)13-14-5-4-6-15(24)11-14)12-18(32-20)17-7-9-25-22(27-17)28-19-8-10-26-29(19)3/h4-12H,13H2,1-3H3,(H,25,27,28). The van der Waals surface area contributed by atoms with Gasteiger partial charge in [0.1, 0.15) is 5.82 Å². The molecule has 0 fully saturated rings. The molecule has 0 atom stereocenters. The van der Waals surface area contributed by atoms with Crippen LogP contribution in [0.4, 0.5) is 11.8 Å². The fourth-order valence-corrected chi connectivity index (χ4v) is 5.35. The molecule has 1 aliphatic heterocycles. The third-order valence-electron chi connectivity index (χ3n) is 5.64. The van der Waals surface area contributed by atoms with Gasteiger partial charge in [-0.15, -0.1) is 11.3 Å². The second-order valence-corrected chi connectivity index (χ2v) is 9.65. The fourth-order valence-electron chi connectivity index (χ4n) is 3.91. The van der Waals surface area contributed by atoms with E-state index in [0.29, 0.717) is 17.5 Å². The summed E-state index contributed by atoms with van der Waals surface area (Å²) in [6, 6.07) is 13.3. The molecule has 0 saturated heterocycles. The third-order valence-corrected chi connectivity index (χ3v) is 7.34. The lowest BCUT2D eigenvalue weighted by atomic mass is 10.0. The number of hydrogen-bond acceptors (Lipinski definition) is 6. The highest BCUT2D eigenvalue weighted by atomic mass is 35.5. The van der Waals surface area contributed by atoms with Crippen LogP contribution in [0.5, 0.6) is 0 Å². The van der Waals surface area contributed by atoms with Crippen molar-refractivity contribution in [1.29, 1.82) is 0 Å². The molecule has 7 nitrogen and oxygen atoms in total. The smallest absolute Gasteiger partial charge is 0.256 e. The number of carbonyl (C=O) groups is 1. The van der Waals surface area contributed by atoms with Gasteiger partial charge in [-0.25, -0.2) is 9.97 Å². The van der Waals surface area contributed by atoms with Crippen LogP contribution in [0, 0.1) is 0 Å². The zero-order valence-electron chi connectivity index (χ0n) is 17.8. The Balaban J connectivity index is 1.43. The lowest BCUT2D eigenvalue weighted by Crippen LogP contribution is -2.38. The minimum absolute atomic E-state index is 0.0229. The summed E-state index contributed by atoms with van der Waals surface area (Å²) in [7, 11) is 1.85. The second kappa shape index (κ2) is 7.72. The monoisotopic (exact) mass is 464 g/mol. The maximum absolute atomic E-state index is 13.3. The van der Waals surface area contributed by atoms with E-state index >= 15 is 0 Å². The van der Waals surface area contributed by atoms with Crippen molar-refractivity contribution in [2.45, 2.75) is 25.9 Å². The molecular formula is C23H21ClN6OS. The molecule has 5 rings (SSSR count). The van der Waals surface area contributed by atoms with Crippen LogP contribution < -0.4 is 5.32 Å². The molecule has 1 N–H and O–H groups in total. The first-order chi connectivity index (χ1) is 15.3. The molecule has 0 unspecified atom stereocenters. The number of amides is 1. The van der Waals surface area contributed by atoms with Crippen LogP contribution in [0.1, 0.15) is 34.6 Å². The van der Waals surface area contributed by atoms with Crippen molar-refractivity contribution in [1.82, 2.24) is 24.6 Å². The lowest BCUT2D eigenvalue weighted by Gasteiger charge is -2.32. The van der Waals surface area contributed by atoms with Crippen molar-refractivity contribution < 1.29 is 4.79 Å². The van der Waals surface area contributed by atoms with Crippen LogP contribution in [0.2, 0.25) is 5.02 Å². The molecule has 3 aromatic heterocycles. The molecule has 4 heterocycles. The van der Waals surface area contributed by atoms with E-state index in [1.807, 2.05) is 54.4 Å². The number of aryl methyl sites for hydroxylation is 1. The van der Waals surface area contributed by atoms with Crippen LogP contribution in [-0.2, 0) is 19.1 Å². The van der Waals surface area contributed by atoms with Gasteiger partial charge in [-0.3, -0.25) is 9.48 Å². The minimum Gasteiger partial charge on any atom is -0.324 e. The molecule has 0 saturated carbocycles. The quantitative estimate of drug-likeness (QED) is 0.438. The largest absolute Gasteiger partial charge is 0.324 e. The van der Waals surface area contributed by atoms with Gasteiger partial charge in [0.05, 0.1) is 27.9 Å². The molecule has 162 valence electrons. The molecule has 1 amide bonds. The normalized spacial score (nSPS) is 14.6. The Hall–Kier alpha value is -3.23. The average Bonchev–Trinajstić information content (AvgIpc) is 3.42. The fraction of sp³-hybridized carbons (Fsp3) is 0.217. The van der Waals surface area contributed by atoms with Crippen molar-refractivity contribution in [2.75, 3.05) is 5.32 Å². The maximum atomic E-state index is 13.3. The first-order valence-electron chi connectivity index (χ1n) is 10.1. The van der Waals surface area contributed by atoms with Crippen molar-refractivity contribution in [3.05, 3.63) is 75.9 Å². The van der Waals surface area contributed by atoms with E-state index < -0.39 is 5.54 Å². The van der Waals surface area contributed by atoms with Crippen molar-refractivity contribution >= 4 is 40.6 Å². The number of nitrogens with zero attached hydrogens (tertiary/aromatic N) is 5. The minimum atomic E-state index is -0.430. The van der Waals surface area contributed by atoms with Gasteiger partial charge in [0.25, 0.3) is 5.91 Å². The Morgan fingerprint density at radius 3 is 2.72 bits per heavy atom. The van der Waals surface area contributed by atoms with Gasteiger partial charge in [-0.05, 0) is 43.7 Å². The van der Waals surface area contributed by atoms with Gasteiger partial charge < -0.3 is 10.2 Å². The summed E-state index contributed by atoms with van der Waals surface area (Å²) in [5.41, 5.74) is 2.09. The summed E-state index contributed by atoms with van der Waals surface area (Å²) < 4.78 is 1.71. The van der Waals surface area contributed by atoms with Crippen LogP contribution in [-0.4, -0.2) is 30.6 Å². The Bertz CT molecular complexity index is 1330. The predicted molar refractivity (Wildman–Crippen MR) is 126 cm³/mol. The molecule has 1 aliphatic rings. The van der Waals surface area contributed by atoms with Gasteiger partial charge >= 0.3 is 0 Å². The molecule has 0 aliphatic carbocycles. The number of hydrogen-bond donors (Lipinski definition) is 1. The summed E-state index contributed by atoms with van der Waals surface area (Å²) >= 11 is 7.74. The molecule has 9 heteroatoms. The number of nitrogens with one attached hydrogen (secondary N) is 1. The number of anilines is 2. The van der Waals surface area contributed by atoms with Crippen LogP contribution in [0.3, 0.4) is 0 Å². The Labute approximate surface area is 194 Å². The van der Waals surface area contributed by atoms with Crippen molar-refractivity contribution in [2.24, 2.45) is 7.05 Å². The Kier molecular flexibility index (Phi) is 4.98. The number of fused-ring (bicyclic) bond motifs is 1. The number of halogens is 1. The predicted octanol–water partition coefficient (Wildman–Crippen LogP) is 5.23. The number of rotatable bonds is 5. The highest BCUT2D eigenvalue weighted by molar-refractivity contribution is 7.16. The van der Waals surface area contributed by atoms with E-state index in [1.54, 1.807) is 28.4 Å². The molecular weight excluding hydrogens is 444 g/mol. The summed E-state index contributed by atoms with van der Waals surface area (Å²) in [5, 5.41) is 7.99. The van der Waals surface area contributed by atoms with E-state index in [1.165, 1.54) is 0 Å². The van der Waals surface area contributed by atoms with Gasteiger partial charge in [0.15, 0.2) is 0 Å². The molecule has 1 aromatic carbocycles. The van der Waals surface area contributed by atoms with Crippen molar-refractivity contribution in [3.63, 3.8) is 0 Å². The summed E-state index contributed by atoms with van der Waals surface area (Å²) in [6.07, 6.45) is 3.42. The zero-order valence-corrected chi connectivity index (χ0v) is 19.4. The highest BCUT2D eigenvalue weighted by Gasteiger charge is 2.44. The van der Waals surface area contributed by atoms with E-state index in [2.05, 4.69) is 34.2 Å². The molecule has 0 bridgehead atoms. The van der Waals surface area contributed by atoms with Crippen LogP contribution in [0.25, 0.3) is 10.6 Å². The zero-order chi connectivity index (χ0) is 22.5. The summed E-state index contributed by atoms with van der Waals surface area (Å²) in [5.74, 6) is 1.30. The van der Waals surface area contributed by atoms with Crippen LogP contribution >= 0.6 is 22.9 Å². The van der Waals surface area contributed by atoms with Gasteiger partial charge in [-0.2, -0.15) is 5.10 Å². The number of aromatic nitrogens is 4. The first-order valence-corrected chi connectivity index (χ1v) is 11.3. The van der Waals surface area contributed by atoms with Gasteiger partial charge in [-0.1, -0.05) is 23.7 Å². The first kappa shape index (κ1) is 20.7. The lowest BCUT2D eigenvalue weighted by molar-refractivity contribution is 0.0598. The SMILES string of the molecule is Cn1nccc1Nc1nccc(-c2cc3c(s2)C(C)(C)N(Cc2cccc(Cl)c2)C3=O)n1. The number of carbonyl (C=O) groups excluding carboxylic acids is 1. The second-order valence-electron chi connectivity index (χ2n) is 8.16. The molecule has 0 spiro atoms. The van der Waals surface area contributed by atoms with Crippen LogP contribution in [0.15, 0.2) is 54.9 Å². The molecule has 0 radical (unpaired) electrons. The topological polar surface area (TPSA) is 75.9 Å². The number of thiophene rings is 1. The van der Waals surface area contributed by atoms with Gasteiger partial charge in [0, 0.05) is 35.8 Å². The van der Waals surface area contributed by atoms with E-state index in [0.717, 1.165) is 32.4 Å². The van der Waals surface area contributed by atoms with Crippen molar-refractivity contribution in [3.8, 4) is 10.6 Å².